The van der Waals surface area contributed by atoms with Crippen molar-refractivity contribution in [2.75, 3.05) is 33.2 Å². The fraction of sp³-hybridized carbons (Fsp3) is 0.500. The van der Waals surface area contributed by atoms with Crippen LogP contribution in [0.25, 0.3) is 0 Å². The zero-order valence-corrected chi connectivity index (χ0v) is 10.7. The summed E-state index contributed by atoms with van der Waals surface area (Å²) in [7, 11) is 2.10. The molecule has 1 saturated heterocycles. The molecule has 4 heteroatoms. The lowest BCUT2D eigenvalue weighted by Gasteiger charge is -2.34. The molecule has 2 aliphatic heterocycles. The van der Waals surface area contributed by atoms with Gasteiger partial charge in [-0.2, -0.15) is 0 Å². The molecule has 1 atom stereocenters. The number of hydrogen-bond acceptors (Lipinski definition) is 3. The smallest absolute Gasteiger partial charge is 0.244 e. The Bertz CT molecular complexity index is 452. The topological polar surface area (TPSA) is 35.6 Å². The predicted molar refractivity (Wildman–Crippen MR) is 70.1 cm³/mol. The number of likely N-dealkylation sites (N-methyl/N-ethyl adjacent to an activating group) is 1. The molecule has 4 nitrogen and oxygen atoms in total. The molecular weight excluding hydrogens is 226 g/mol. The Balaban J connectivity index is 1.74. The summed E-state index contributed by atoms with van der Waals surface area (Å²) in [5.41, 5.74) is 2.41. The third-order valence-electron chi connectivity index (χ3n) is 3.92. The molecule has 1 fully saturated rings. The highest BCUT2D eigenvalue weighted by Crippen LogP contribution is 2.26. The summed E-state index contributed by atoms with van der Waals surface area (Å²) in [6.07, 6.45) is 0. The second-order valence-corrected chi connectivity index (χ2v) is 5.14. The van der Waals surface area contributed by atoms with Gasteiger partial charge in [0, 0.05) is 32.7 Å². The number of nitrogens with one attached hydrogen (secondary N) is 1. The molecule has 0 bridgehead atoms. The average molecular weight is 245 g/mol. The van der Waals surface area contributed by atoms with E-state index in [1.54, 1.807) is 0 Å². The number of hydrogen-bond donors (Lipinski definition) is 1. The van der Waals surface area contributed by atoms with Gasteiger partial charge in [0.1, 0.15) is 6.04 Å². The van der Waals surface area contributed by atoms with Crippen molar-refractivity contribution >= 4 is 5.91 Å². The lowest BCUT2D eigenvalue weighted by atomic mass is 10.0. The molecule has 18 heavy (non-hydrogen) atoms. The van der Waals surface area contributed by atoms with Gasteiger partial charge in [-0.25, -0.2) is 0 Å². The average Bonchev–Trinajstić information content (AvgIpc) is 2.82. The van der Waals surface area contributed by atoms with Crippen molar-refractivity contribution in [3.63, 3.8) is 0 Å². The van der Waals surface area contributed by atoms with Crippen LogP contribution in [0.15, 0.2) is 24.3 Å². The van der Waals surface area contributed by atoms with Gasteiger partial charge in [0.2, 0.25) is 5.91 Å². The van der Waals surface area contributed by atoms with Gasteiger partial charge in [0.05, 0.1) is 0 Å². The number of carbonyl (C=O) groups excluding carboxylic acids is 1. The maximum Gasteiger partial charge on any atom is 0.244 e. The highest BCUT2D eigenvalue weighted by Gasteiger charge is 2.32. The number of rotatable bonds is 1. The van der Waals surface area contributed by atoms with Crippen molar-refractivity contribution in [2.45, 2.75) is 12.6 Å². The van der Waals surface area contributed by atoms with Crippen LogP contribution in [0.4, 0.5) is 0 Å². The highest BCUT2D eigenvalue weighted by atomic mass is 16.2. The van der Waals surface area contributed by atoms with Crippen LogP contribution in [-0.2, 0) is 11.3 Å². The number of carbonyl (C=O) groups is 1. The van der Waals surface area contributed by atoms with Crippen LogP contribution in [0, 0.1) is 0 Å². The molecule has 2 heterocycles. The van der Waals surface area contributed by atoms with Gasteiger partial charge < -0.3 is 9.80 Å². The van der Waals surface area contributed by atoms with Crippen LogP contribution in [0.3, 0.4) is 0 Å². The van der Waals surface area contributed by atoms with Gasteiger partial charge >= 0.3 is 0 Å². The molecule has 1 aromatic carbocycles. The normalized spacial score (nSPS) is 24.1. The summed E-state index contributed by atoms with van der Waals surface area (Å²) in [6.45, 7) is 4.44. The molecule has 1 unspecified atom stereocenters. The van der Waals surface area contributed by atoms with E-state index in [0.717, 1.165) is 38.3 Å². The van der Waals surface area contributed by atoms with E-state index in [9.17, 15) is 4.79 Å². The van der Waals surface area contributed by atoms with E-state index in [2.05, 4.69) is 29.4 Å². The van der Waals surface area contributed by atoms with Gasteiger partial charge in [0.25, 0.3) is 0 Å². The summed E-state index contributed by atoms with van der Waals surface area (Å²) in [6, 6.07) is 8.07. The van der Waals surface area contributed by atoms with Crippen LogP contribution in [-0.4, -0.2) is 48.9 Å². The summed E-state index contributed by atoms with van der Waals surface area (Å²) in [5, 5.41) is 3.33. The second kappa shape index (κ2) is 4.71. The van der Waals surface area contributed by atoms with Crippen molar-refractivity contribution in [3.05, 3.63) is 35.4 Å². The fourth-order valence-corrected chi connectivity index (χ4v) is 2.73. The van der Waals surface area contributed by atoms with E-state index < -0.39 is 0 Å². The standard InChI is InChI=1S/C14H19N3O/c1-16-6-8-17(9-7-16)14(18)13-12-5-3-2-4-11(12)10-15-13/h2-5,13,15H,6-10H2,1H3. The van der Waals surface area contributed by atoms with Gasteiger partial charge in [-0.3, -0.25) is 10.1 Å². The van der Waals surface area contributed by atoms with Crippen molar-refractivity contribution in [1.29, 1.82) is 0 Å². The quantitative estimate of drug-likeness (QED) is 0.787. The minimum absolute atomic E-state index is 0.135. The molecule has 2 aliphatic rings. The molecule has 1 aromatic rings. The van der Waals surface area contributed by atoms with E-state index in [0.29, 0.717) is 0 Å². The van der Waals surface area contributed by atoms with Gasteiger partial charge in [-0.15, -0.1) is 0 Å². The molecule has 0 aliphatic carbocycles. The Morgan fingerprint density at radius 1 is 1.22 bits per heavy atom. The molecule has 1 amide bonds. The molecule has 0 aromatic heterocycles. The van der Waals surface area contributed by atoms with Gasteiger partial charge in [-0.05, 0) is 18.2 Å². The highest BCUT2D eigenvalue weighted by molar-refractivity contribution is 5.84. The Morgan fingerprint density at radius 3 is 2.72 bits per heavy atom. The van der Waals surface area contributed by atoms with E-state index in [4.69, 9.17) is 0 Å². The third kappa shape index (κ3) is 2.02. The zero-order valence-electron chi connectivity index (χ0n) is 10.7. The number of nitrogens with zero attached hydrogens (tertiary/aromatic N) is 2. The maximum absolute atomic E-state index is 12.5. The lowest BCUT2D eigenvalue weighted by Crippen LogP contribution is -2.49. The zero-order chi connectivity index (χ0) is 12.5. The number of benzene rings is 1. The summed E-state index contributed by atoms with van der Waals surface area (Å²) in [5.74, 6) is 0.230. The van der Waals surface area contributed by atoms with Crippen molar-refractivity contribution in [1.82, 2.24) is 15.1 Å². The van der Waals surface area contributed by atoms with Gasteiger partial charge in [0.15, 0.2) is 0 Å². The van der Waals surface area contributed by atoms with Crippen LogP contribution < -0.4 is 5.32 Å². The van der Waals surface area contributed by atoms with Crippen LogP contribution in [0.1, 0.15) is 17.2 Å². The molecular formula is C14H19N3O. The van der Waals surface area contributed by atoms with E-state index in [1.165, 1.54) is 5.56 Å². The van der Waals surface area contributed by atoms with E-state index >= 15 is 0 Å². The second-order valence-electron chi connectivity index (χ2n) is 5.14. The van der Waals surface area contributed by atoms with Gasteiger partial charge in [-0.1, -0.05) is 24.3 Å². The van der Waals surface area contributed by atoms with Crippen LogP contribution in [0.5, 0.6) is 0 Å². The van der Waals surface area contributed by atoms with Crippen molar-refractivity contribution in [2.24, 2.45) is 0 Å². The minimum Gasteiger partial charge on any atom is -0.338 e. The number of piperazine rings is 1. The first kappa shape index (κ1) is 11.7. The lowest BCUT2D eigenvalue weighted by molar-refractivity contribution is -0.135. The predicted octanol–water partition coefficient (Wildman–Crippen LogP) is 0.605. The molecule has 1 N–H and O–H groups in total. The molecule has 3 rings (SSSR count). The van der Waals surface area contributed by atoms with Crippen molar-refractivity contribution < 1.29 is 4.79 Å². The molecule has 0 saturated carbocycles. The van der Waals surface area contributed by atoms with Crippen LogP contribution >= 0.6 is 0 Å². The maximum atomic E-state index is 12.5. The largest absolute Gasteiger partial charge is 0.338 e. The number of fused-ring (bicyclic) bond motifs is 1. The first-order valence-electron chi connectivity index (χ1n) is 6.54. The van der Waals surface area contributed by atoms with E-state index in [-0.39, 0.29) is 11.9 Å². The third-order valence-corrected chi connectivity index (χ3v) is 3.92. The van der Waals surface area contributed by atoms with E-state index in [1.807, 2.05) is 17.0 Å². The fourth-order valence-electron chi connectivity index (χ4n) is 2.73. The Morgan fingerprint density at radius 2 is 1.94 bits per heavy atom. The molecule has 0 spiro atoms. The Labute approximate surface area is 108 Å². The first-order chi connectivity index (χ1) is 8.75. The number of amides is 1. The van der Waals surface area contributed by atoms with Crippen molar-refractivity contribution in [3.8, 4) is 0 Å². The molecule has 96 valence electrons. The van der Waals surface area contributed by atoms with Crippen LogP contribution in [0.2, 0.25) is 0 Å². The SMILES string of the molecule is CN1CCN(C(=O)C2NCc3ccccc32)CC1. The summed E-state index contributed by atoms with van der Waals surface area (Å²) < 4.78 is 0. The molecule has 0 radical (unpaired) electrons. The summed E-state index contributed by atoms with van der Waals surface area (Å²) >= 11 is 0. The Hall–Kier alpha value is -1.39. The summed E-state index contributed by atoms with van der Waals surface area (Å²) in [4.78, 5) is 16.8. The first-order valence-corrected chi connectivity index (χ1v) is 6.54. The minimum atomic E-state index is -0.135. The Kier molecular flexibility index (Phi) is 3.06. The monoisotopic (exact) mass is 245 g/mol.